The molecule has 0 fully saturated rings. The monoisotopic (exact) mass is 712 g/mol. The zero-order chi connectivity index (χ0) is 32.6. The van der Waals surface area contributed by atoms with Crippen molar-refractivity contribution in [3.8, 4) is 22.3 Å². The minimum atomic E-state index is -0.826. The average molecular weight is 715 g/mol. The van der Waals surface area contributed by atoms with E-state index >= 15 is 0 Å². The molecule has 6 rings (SSSR count). The molecular formula is C40H44Cl2SiZr. The van der Waals surface area contributed by atoms with Crippen LogP contribution in [0.4, 0.5) is 0 Å². The molecule has 0 aliphatic carbocycles. The normalized spacial score (nSPS) is 10.3. The summed E-state index contributed by atoms with van der Waals surface area (Å²) < 4.78 is 0. The van der Waals surface area contributed by atoms with Crippen molar-refractivity contribution in [1.82, 2.24) is 0 Å². The quantitative estimate of drug-likeness (QED) is 0.124. The molecule has 0 bridgehead atoms. The van der Waals surface area contributed by atoms with E-state index in [2.05, 4.69) is 153 Å². The fraction of sp³-hybridized carbons (Fsp3) is 0.250. The molecule has 6 aromatic carbocycles. The molecule has 0 aliphatic heterocycles. The Morgan fingerprint density at radius 2 is 0.795 bits per heavy atom. The topological polar surface area (TPSA) is 0 Å². The Balaban J connectivity index is 0.000000204. The fourth-order valence-electron chi connectivity index (χ4n) is 6.09. The Morgan fingerprint density at radius 1 is 0.500 bits per heavy atom. The van der Waals surface area contributed by atoms with Gasteiger partial charge in [0.25, 0.3) is 0 Å². The van der Waals surface area contributed by atoms with Crippen LogP contribution in [-0.2, 0) is 20.8 Å². The van der Waals surface area contributed by atoms with Gasteiger partial charge in [-0.15, -0.1) is 69.1 Å². The molecule has 0 amide bonds. The Hall–Kier alpha value is -2.22. The van der Waals surface area contributed by atoms with Crippen molar-refractivity contribution >= 4 is 48.1 Å². The molecular weight excluding hydrogens is 671 g/mol. The summed E-state index contributed by atoms with van der Waals surface area (Å²) in [5, 5.41) is 5.44. The average Bonchev–Trinajstić information content (AvgIpc) is 3.49. The van der Waals surface area contributed by atoms with Gasteiger partial charge in [-0.3, -0.25) is 0 Å². The van der Waals surface area contributed by atoms with Crippen LogP contribution in [0.2, 0.25) is 13.1 Å². The van der Waals surface area contributed by atoms with Crippen LogP contribution in [-0.4, -0.2) is 9.52 Å². The van der Waals surface area contributed by atoms with Gasteiger partial charge in [0.05, 0.1) is 0 Å². The van der Waals surface area contributed by atoms with Crippen LogP contribution in [0.25, 0.3) is 43.8 Å². The van der Waals surface area contributed by atoms with Crippen LogP contribution in [0.1, 0.15) is 44.5 Å². The van der Waals surface area contributed by atoms with Crippen molar-refractivity contribution < 1.29 is 20.8 Å². The molecule has 0 heterocycles. The van der Waals surface area contributed by atoms with Crippen LogP contribution in [0.15, 0.2) is 84.9 Å². The van der Waals surface area contributed by atoms with Crippen molar-refractivity contribution in [1.29, 1.82) is 0 Å². The van der Waals surface area contributed by atoms with Gasteiger partial charge in [0, 0.05) is 9.52 Å². The Kier molecular flexibility index (Phi) is 13.9. The van der Waals surface area contributed by atoms with E-state index in [0.29, 0.717) is 0 Å². The summed E-state index contributed by atoms with van der Waals surface area (Å²) in [4.78, 5) is 0. The van der Waals surface area contributed by atoms with E-state index in [1.165, 1.54) is 88.3 Å². The molecule has 226 valence electrons. The number of hydrogen-bond donors (Lipinski definition) is 0. The second-order valence-corrected chi connectivity index (χ2v) is 16.6. The van der Waals surface area contributed by atoms with Gasteiger partial charge in [-0.2, -0.15) is 12.1 Å². The van der Waals surface area contributed by atoms with Crippen LogP contribution in [0, 0.1) is 55.4 Å². The SMILES string of the molecule is C[Si]C.Cc1cc(C)cc(-c2c(C)ccc3[cH-]c(C)cc23)c1.Cc1cc(C)cc(-c2c(C)ccc3[cH-]c(C)cc23)c1.[Cl][Zr+2][Cl]. The van der Waals surface area contributed by atoms with Gasteiger partial charge in [0.1, 0.15) is 0 Å². The summed E-state index contributed by atoms with van der Waals surface area (Å²) in [6, 6.07) is 31.7. The van der Waals surface area contributed by atoms with Crippen molar-refractivity contribution in [3.05, 3.63) is 129 Å². The van der Waals surface area contributed by atoms with Crippen LogP contribution >= 0.6 is 17.0 Å². The number of fused-ring (bicyclic) bond motifs is 2. The molecule has 0 spiro atoms. The number of benzene rings is 4. The van der Waals surface area contributed by atoms with Gasteiger partial charge in [-0.05, 0) is 52.7 Å². The first-order valence-electron chi connectivity index (χ1n) is 15.0. The molecule has 0 nitrogen and oxygen atoms in total. The summed E-state index contributed by atoms with van der Waals surface area (Å²) in [6.45, 7) is 21.7. The summed E-state index contributed by atoms with van der Waals surface area (Å²) in [5.41, 5.74) is 16.1. The van der Waals surface area contributed by atoms with Crippen molar-refractivity contribution in [2.45, 2.75) is 68.5 Å². The van der Waals surface area contributed by atoms with E-state index < -0.39 is 20.8 Å². The predicted molar refractivity (Wildman–Crippen MR) is 197 cm³/mol. The fourth-order valence-corrected chi connectivity index (χ4v) is 6.09. The van der Waals surface area contributed by atoms with Gasteiger partial charge in [-0.25, -0.2) is 0 Å². The molecule has 0 saturated heterocycles. The summed E-state index contributed by atoms with van der Waals surface area (Å²) in [7, 11) is 11.0. The third kappa shape index (κ3) is 9.40. The van der Waals surface area contributed by atoms with Crippen molar-refractivity contribution in [3.63, 3.8) is 0 Å². The molecule has 0 N–H and O–H groups in total. The van der Waals surface area contributed by atoms with E-state index in [0.717, 1.165) is 9.52 Å². The first kappa shape index (κ1) is 36.3. The number of aryl methyl sites for hydroxylation is 8. The summed E-state index contributed by atoms with van der Waals surface area (Å²) in [6.07, 6.45) is 0. The third-order valence-electron chi connectivity index (χ3n) is 7.51. The predicted octanol–water partition coefficient (Wildman–Crippen LogP) is 13.1. The van der Waals surface area contributed by atoms with Crippen molar-refractivity contribution in [2.75, 3.05) is 0 Å². The third-order valence-corrected chi connectivity index (χ3v) is 7.51. The Morgan fingerprint density at radius 3 is 1.09 bits per heavy atom. The molecule has 4 heteroatoms. The van der Waals surface area contributed by atoms with Crippen LogP contribution in [0.5, 0.6) is 0 Å². The van der Waals surface area contributed by atoms with E-state index in [1.54, 1.807) is 0 Å². The van der Waals surface area contributed by atoms with Crippen molar-refractivity contribution in [2.24, 2.45) is 0 Å². The number of halogens is 2. The summed E-state index contributed by atoms with van der Waals surface area (Å²) >= 11 is -0.826. The van der Waals surface area contributed by atoms with Crippen LogP contribution < -0.4 is 0 Å². The van der Waals surface area contributed by atoms with E-state index in [1.807, 2.05) is 0 Å². The zero-order valence-corrected chi connectivity index (χ0v) is 32.8. The van der Waals surface area contributed by atoms with E-state index in [9.17, 15) is 0 Å². The summed E-state index contributed by atoms with van der Waals surface area (Å²) in [5.74, 6) is 0. The minimum absolute atomic E-state index is 0.826. The first-order valence-corrected chi connectivity index (χ1v) is 23.3. The van der Waals surface area contributed by atoms with E-state index in [-0.39, 0.29) is 0 Å². The molecule has 44 heavy (non-hydrogen) atoms. The second-order valence-electron chi connectivity index (χ2n) is 11.9. The van der Waals surface area contributed by atoms with Gasteiger partial charge < -0.3 is 0 Å². The molecule has 0 unspecified atom stereocenters. The molecule has 0 aromatic heterocycles. The maximum absolute atomic E-state index is 4.93. The Bertz CT molecular complexity index is 1660. The molecule has 0 aliphatic rings. The molecule has 0 atom stereocenters. The molecule has 6 aromatic rings. The second kappa shape index (κ2) is 16.9. The van der Waals surface area contributed by atoms with E-state index in [4.69, 9.17) is 17.0 Å². The first-order chi connectivity index (χ1) is 20.9. The Labute approximate surface area is 287 Å². The number of hydrogen-bond acceptors (Lipinski definition) is 0. The number of rotatable bonds is 2. The zero-order valence-electron chi connectivity index (χ0n) is 27.8. The van der Waals surface area contributed by atoms with Gasteiger partial charge >= 0.3 is 37.9 Å². The molecule has 0 saturated carbocycles. The standard InChI is InChI=1S/2C19H19.C2H6Si.2ClH.Zr/c2*1-12-7-13(2)10-17(9-12)19-15(4)5-6-16-8-14(3)11-18(16)19;1-3-2;;;/h2*5-11H,1-4H3;1-2H3;2*1H;/q2*-1;;;;+4/p-2. The van der Waals surface area contributed by atoms with Crippen LogP contribution in [0.3, 0.4) is 0 Å². The van der Waals surface area contributed by atoms with Gasteiger partial charge in [-0.1, -0.05) is 108 Å². The van der Waals surface area contributed by atoms with Gasteiger partial charge in [0.2, 0.25) is 0 Å². The van der Waals surface area contributed by atoms with Gasteiger partial charge in [0.15, 0.2) is 0 Å². The maximum atomic E-state index is 4.93. The molecule has 2 radical (unpaired) electrons.